The molecule has 0 saturated heterocycles. The van der Waals surface area contributed by atoms with Crippen molar-refractivity contribution >= 4 is 20.3 Å². The Hall–Kier alpha value is -2.15. The lowest BCUT2D eigenvalue weighted by atomic mass is 9.97. The predicted octanol–water partition coefficient (Wildman–Crippen LogP) is 6.27. The van der Waals surface area contributed by atoms with Crippen LogP contribution in [-0.2, 0) is 30.0 Å². The lowest BCUT2D eigenvalue weighted by Gasteiger charge is -2.38. The van der Waals surface area contributed by atoms with Crippen LogP contribution in [0.2, 0.25) is 18.1 Å². The van der Waals surface area contributed by atoms with Gasteiger partial charge >= 0.3 is 12.3 Å². The number of ether oxygens (including phenoxy) is 3. The maximum absolute atomic E-state index is 14.5. The Balaban J connectivity index is 2.93. The van der Waals surface area contributed by atoms with Gasteiger partial charge < -0.3 is 18.6 Å². The van der Waals surface area contributed by atoms with Crippen LogP contribution >= 0.6 is 0 Å². The number of hydrogen-bond acceptors (Lipinski definition) is 6. The average molecular weight is 579 g/mol. The maximum atomic E-state index is 14.5. The highest BCUT2D eigenvalue weighted by Gasteiger charge is 2.61. The Morgan fingerprint density at radius 3 is 2.05 bits per heavy atom. The van der Waals surface area contributed by atoms with Crippen molar-refractivity contribution in [3.8, 4) is 0 Å². The number of benzene rings is 1. The SMILES string of the molecule is C[C@@H](CCOCCC(OCc1ccccc1)(C(=O)NNC(=O)OC(C)(C)C)C(F)(F)F)O[Si](C)(C)C(C)(C)C. The van der Waals surface area contributed by atoms with Crippen molar-refractivity contribution in [2.45, 2.75) is 110 Å². The fourth-order valence-electron chi connectivity index (χ4n) is 3.20. The predicted molar refractivity (Wildman–Crippen MR) is 145 cm³/mol. The normalized spacial score (nSPS) is 15.3. The fraction of sp³-hybridized carbons (Fsp3) is 0.704. The smallest absolute Gasteiger partial charge is 0.426 e. The molecule has 1 aromatic carbocycles. The molecular weight excluding hydrogens is 533 g/mol. The summed E-state index contributed by atoms with van der Waals surface area (Å²) in [5.74, 6) is -1.59. The van der Waals surface area contributed by atoms with Gasteiger partial charge in [-0.25, -0.2) is 10.2 Å². The molecule has 1 aromatic rings. The Morgan fingerprint density at radius 1 is 0.949 bits per heavy atom. The summed E-state index contributed by atoms with van der Waals surface area (Å²) in [6, 6.07) is 8.17. The molecule has 0 saturated carbocycles. The minimum absolute atomic E-state index is 0.0191. The minimum Gasteiger partial charge on any atom is -0.443 e. The molecule has 8 nitrogen and oxygen atoms in total. The topological polar surface area (TPSA) is 95.1 Å². The first-order chi connectivity index (χ1) is 17.7. The number of carbonyl (C=O) groups excluding carboxylic acids is 2. The molecule has 2 amide bonds. The van der Waals surface area contributed by atoms with Crippen LogP contribution in [-0.4, -0.2) is 57.0 Å². The second-order valence-electron chi connectivity index (χ2n) is 12.0. The van der Waals surface area contributed by atoms with Crippen molar-refractivity contribution in [2.75, 3.05) is 13.2 Å². The molecule has 0 spiro atoms. The van der Waals surface area contributed by atoms with Gasteiger partial charge in [-0.2, -0.15) is 13.2 Å². The van der Waals surface area contributed by atoms with Crippen molar-refractivity contribution in [1.29, 1.82) is 0 Å². The van der Waals surface area contributed by atoms with Crippen LogP contribution in [0.1, 0.15) is 66.9 Å². The molecule has 0 radical (unpaired) electrons. The highest BCUT2D eigenvalue weighted by molar-refractivity contribution is 6.74. The summed E-state index contributed by atoms with van der Waals surface area (Å²) in [4.78, 5) is 24.9. The molecule has 1 rings (SSSR count). The molecule has 0 fully saturated rings. The Morgan fingerprint density at radius 2 is 1.54 bits per heavy atom. The molecular formula is C27H45F3N2O6Si. The van der Waals surface area contributed by atoms with Crippen LogP contribution in [0.5, 0.6) is 0 Å². The zero-order valence-corrected chi connectivity index (χ0v) is 25.6. The van der Waals surface area contributed by atoms with Gasteiger partial charge in [0.2, 0.25) is 5.60 Å². The number of hydrogen-bond donors (Lipinski definition) is 2. The molecule has 2 N–H and O–H groups in total. The third-order valence-electron chi connectivity index (χ3n) is 6.40. The fourth-order valence-corrected chi connectivity index (χ4v) is 4.68. The summed E-state index contributed by atoms with van der Waals surface area (Å²) in [5.41, 5.74) is -0.0881. The van der Waals surface area contributed by atoms with E-state index in [-0.39, 0.29) is 17.7 Å². The van der Waals surface area contributed by atoms with E-state index in [1.807, 2.05) is 17.8 Å². The molecule has 12 heteroatoms. The molecule has 0 heterocycles. The van der Waals surface area contributed by atoms with E-state index in [4.69, 9.17) is 18.6 Å². The van der Waals surface area contributed by atoms with Crippen molar-refractivity contribution in [3.05, 3.63) is 35.9 Å². The van der Waals surface area contributed by atoms with Gasteiger partial charge in [-0.1, -0.05) is 51.1 Å². The Bertz CT molecular complexity index is 917. The van der Waals surface area contributed by atoms with Crippen molar-refractivity contribution in [2.24, 2.45) is 0 Å². The van der Waals surface area contributed by atoms with E-state index in [1.165, 1.54) is 0 Å². The van der Waals surface area contributed by atoms with E-state index in [2.05, 4.69) is 33.9 Å². The summed E-state index contributed by atoms with van der Waals surface area (Å²) in [6.07, 6.45) is -6.73. The number of alkyl halides is 3. The monoisotopic (exact) mass is 578 g/mol. The first kappa shape index (κ1) is 34.9. The Kier molecular flexibility index (Phi) is 12.5. The van der Waals surface area contributed by atoms with Gasteiger partial charge in [0.1, 0.15) is 5.60 Å². The Labute approximate surface area is 231 Å². The largest absolute Gasteiger partial charge is 0.443 e. The molecule has 0 bridgehead atoms. The number of amides is 2. The number of rotatable bonds is 12. The van der Waals surface area contributed by atoms with Gasteiger partial charge in [-0.15, -0.1) is 0 Å². The lowest BCUT2D eigenvalue weighted by Crippen LogP contribution is -2.62. The van der Waals surface area contributed by atoms with Gasteiger partial charge in [0.05, 0.1) is 13.2 Å². The molecule has 1 unspecified atom stereocenters. The third-order valence-corrected chi connectivity index (χ3v) is 11.0. The van der Waals surface area contributed by atoms with E-state index < -0.39 is 57.3 Å². The molecule has 0 aliphatic rings. The van der Waals surface area contributed by atoms with Crippen LogP contribution < -0.4 is 10.9 Å². The van der Waals surface area contributed by atoms with Crippen LogP contribution in [0, 0.1) is 0 Å². The van der Waals surface area contributed by atoms with E-state index in [1.54, 1.807) is 51.1 Å². The van der Waals surface area contributed by atoms with Gasteiger partial charge in [0.25, 0.3) is 5.91 Å². The third kappa shape index (κ3) is 11.5. The first-order valence-electron chi connectivity index (χ1n) is 13.0. The quantitative estimate of drug-likeness (QED) is 0.173. The molecule has 0 aromatic heterocycles. The van der Waals surface area contributed by atoms with Crippen LogP contribution in [0.3, 0.4) is 0 Å². The minimum atomic E-state index is -5.12. The van der Waals surface area contributed by atoms with Crippen molar-refractivity contribution < 1.29 is 41.4 Å². The number of halogens is 3. The van der Waals surface area contributed by atoms with Gasteiger partial charge in [0.15, 0.2) is 8.32 Å². The van der Waals surface area contributed by atoms with E-state index in [0.29, 0.717) is 12.0 Å². The lowest BCUT2D eigenvalue weighted by molar-refractivity contribution is -0.275. The summed E-state index contributed by atoms with van der Waals surface area (Å²) < 4.78 is 65.4. The standard InChI is InChI=1S/C27H45F3N2O6Si/c1-20(38-39(8,9)25(5,6)7)15-17-35-18-16-26(27(28,29)30,36-19-21-13-11-10-12-14-21)22(33)31-32-23(34)37-24(2,3)4/h10-14,20H,15-19H2,1-9H3,(H,31,33)(H,32,34)/t20-,26?/m0/s1. The summed E-state index contributed by atoms with van der Waals surface area (Å²) in [7, 11) is -2.00. The number of hydrazine groups is 1. The van der Waals surface area contributed by atoms with Gasteiger partial charge in [-0.3, -0.25) is 10.2 Å². The van der Waals surface area contributed by atoms with Gasteiger partial charge in [-0.05, 0) is 57.8 Å². The first-order valence-corrected chi connectivity index (χ1v) is 15.9. The van der Waals surface area contributed by atoms with Crippen LogP contribution in [0.15, 0.2) is 30.3 Å². The molecule has 39 heavy (non-hydrogen) atoms. The zero-order valence-electron chi connectivity index (χ0n) is 24.6. The van der Waals surface area contributed by atoms with Crippen LogP contribution in [0.25, 0.3) is 0 Å². The zero-order chi connectivity index (χ0) is 30.1. The second-order valence-corrected chi connectivity index (χ2v) is 16.8. The average Bonchev–Trinajstić information content (AvgIpc) is 2.77. The second kappa shape index (κ2) is 14.0. The number of carbonyl (C=O) groups is 2. The summed E-state index contributed by atoms with van der Waals surface area (Å²) in [6.45, 7) is 16.5. The number of nitrogens with one attached hydrogen (secondary N) is 2. The molecule has 0 aliphatic heterocycles. The van der Waals surface area contributed by atoms with Crippen LogP contribution in [0.4, 0.5) is 18.0 Å². The molecule has 2 atom stereocenters. The molecule has 0 aliphatic carbocycles. The highest BCUT2D eigenvalue weighted by Crippen LogP contribution is 2.39. The highest BCUT2D eigenvalue weighted by atomic mass is 28.4. The summed E-state index contributed by atoms with van der Waals surface area (Å²) >= 11 is 0. The van der Waals surface area contributed by atoms with E-state index >= 15 is 0 Å². The van der Waals surface area contributed by atoms with E-state index in [0.717, 1.165) is 0 Å². The summed E-state index contributed by atoms with van der Waals surface area (Å²) in [5, 5.41) is 0.0191. The van der Waals surface area contributed by atoms with Gasteiger partial charge in [0, 0.05) is 19.1 Å². The van der Waals surface area contributed by atoms with E-state index in [9.17, 15) is 22.8 Å². The molecule has 224 valence electrons. The van der Waals surface area contributed by atoms with Crippen molar-refractivity contribution in [1.82, 2.24) is 10.9 Å². The maximum Gasteiger partial charge on any atom is 0.426 e. The van der Waals surface area contributed by atoms with Crippen molar-refractivity contribution in [3.63, 3.8) is 0 Å².